The van der Waals surface area contributed by atoms with Gasteiger partial charge < -0.3 is 4.74 Å². The highest BCUT2D eigenvalue weighted by molar-refractivity contribution is 8.13. The lowest BCUT2D eigenvalue weighted by atomic mass is 10.3. The summed E-state index contributed by atoms with van der Waals surface area (Å²) >= 11 is 1.14. The summed E-state index contributed by atoms with van der Waals surface area (Å²) in [6, 6.07) is 0. The van der Waals surface area contributed by atoms with Crippen LogP contribution in [0.25, 0.3) is 0 Å². The fourth-order valence-electron chi connectivity index (χ4n) is 0.959. The number of esters is 1. The third kappa shape index (κ3) is 2.08. The number of ether oxygens (including phenoxy) is 1. The molecule has 0 saturated carbocycles. The maximum Gasteiger partial charge on any atom is 0.340 e. The second-order valence-electron chi connectivity index (χ2n) is 2.46. The lowest BCUT2D eigenvalue weighted by molar-refractivity contribution is 0.0596. The minimum Gasteiger partial charge on any atom is -0.465 e. The Bertz CT molecular complexity index is 460. The van der Waals surface area contributed by atoms with Crippen molar-refractivity contribution in [3.8, 4) is 0 Å². The Morgan fingerprint density at radius 3 is 2.57 bits per heavy atom. The second-order valence-corrected chi connectivity index (χ2v) is 6.08. The van der Waals surface area contributed by atoms with Crippen LogP contribution in [0.2, 0.25) is 0 Å². The van der Waals surface area contributed by atoms with Gasteiger partial charge in [0.15, 0.2) is 0 Å². The number of hydrogen-bond donors (Lipinski definition) is 0. The van der Waals surface area contributed by atoms with Gasteiger partial charge in [0, 0.05) is 20.9 Å². The van der Waals surface area contributed by atoms with Crippen molar-refractivity contribution in [1.29, 1.82) is 0 Å². The predicted molar refractivity (Wildman–Crippen MR) is 53.4 cm³/mol. The second kappa shape index (κ2) is 3.88. The number of rotatable bonds is 2. The topological polar surface area (TPSA) is 60.4 Å². The molecule has 0 fully saturated rings. The van der Waals surface area contributed by atoms with Crippen LogP contribution in [0.3, 0.4) is 0 Å². The van der Waals surface area contributed by atoms with Gasteiger partial charge in [-0.1, -0.05) is 0 Å². The molecule has 78 valence electrons. The van der Waals surface area contributed by atoms with E-state index in [2.05, 4.69) is 4.74 Å². The molecule has 1 aromatic heterocycles. The monoisotopic (exact) mass is 254 g/mol. The van der Waals surface area contributed by atoms with E-state index in [-0.39, 0.29) is 10.5 Å². The molecule has 0 aliphatic carbocycles. The zero-order chi connectivity index (χ0) is 10.9. The summed E-state index contributed by atoms with van der Waals surface area (Å²) in [6.07, 6.45) is 0. The highest BCUT2D eigenvalue weighted by atomic mass is 35.7. The van der Waals surface area contributed by atoms with Crippen LogP contribution in [0.4, 0.5) is 0 Å². The van der Waals surface area contributed by atoms with Crippen LogP contribution in [-0.4, -0.2) is 21.5 Å². The molecule has 0 radical (unpaired) electrons. The van der Waals surface area contributed by atoms with Crippen LogP contribution >= 0.6 is 22.0 Å². The van der Waals surface area contributed by atoms with Crippen molar-refractivity contribution in [3.05, 3.63) is 15.8 Å². The molecule has 1 heterocycles. The van der Waals surface area contributed by atoms with E-state index in [9.17, 15) is 13.2 Å². The van der Waals surface area contributed by atoms with Crippen LogP contribution in [0.1, 0.15) is 15.2 Å². The van der Waals surface area contributed by atoms with E-state index in [0.717, 1.165) is 11.3 Å². The fourth-order valence-corrected chi connectivity index (χ4v) is 3.38. The predicted octanol–water partition coefficient (Wildman–Crippen LogP) is 1.77. The average Bonchev–Trinajstić information content (AvgIpc) is 2.45. The zero-order valence-corrected chi connectivity index (χ0v) is 9.79. The summed E-state index contributed by atoms with van der Waals surface area (Å²) in [5, 5.41) is 1.32. The highest BCUT2D eigenvalue weighted by Crippen LogP contribution is 2.28. The lowest BCUT2D eigenvalue weighted by Crippen LogP contribution is -2.06. The summed E-state index contributed by atoms with van der Waals surface area (Å²) in [7, 11) is 2.45. The quantitative estimate of drug-likeness (QED) is 0.596. The Kier molecular flexibility index (Phi) is 3.18. The first kappa shape index (κ1) is 11.5. The highest BCUT2D eigenvalue weighted by Gasteiger charge is 2.24. The Morgan fingerprint density at radius 1 is 1.57 bits per heavy atom. The number of halogens is 1. The van der Waals surface area contributed by atoms with E-state index < -0.39 is 15.0 Å². The molecule has 0 N–H and O–H groups in total. The Hall–Kier alpha value is -0.590. The SMILES string of the molecule is COC(=O)c1c(S(=O)(=O)Cl)csc1C. The maximum absolute atomic E-state index is 11.2. The van der Waals surface area contributed by atoms with Crippen molar-refractivity contribution in [2.24, 2.45) is 0 Å². The molecule has 1 aromatic rings. The van der Waals surface area contributed by atoms with Gasteiger partial charge in [-0.15, -0.1) is 11.3 Å². The third-order valence-electron chi connectivity index (χ3n) is 1.59. The van der Waals surface area contributed by atoms with Gasteiger partial charge in [0.05, 0.1) is 12.7 Å². The lowest BCUT2D eigenvalue weighted by Gasteiger charge is -1.99. The van der Waals surface area contributed by atoms with Gasteiger partial charge in [0.1, 0.15) is 4.90 Å². The number of carbonyl (C=O) groups is 1. The molecule has 0 amide bonds. The zero-order valence-electron chi connectivity index (χ0n) is 7.40. The van der Waals surface area contributed by atoms with Gasteiger partial charge in [0.2, 0.25) is 0 Å². The van der Waals surface area contributed by atoms with Crippen molar-refractivity contribution in [2.75, 3.05) is 7.11 Å². The van der Waals surface area contributed by atoms with Gasteiger partial charge in [0.25, 0.3) is 9.05 Å². The van der Waals surface area contributed by atoms with Crippen LogP contribution < -0.4 is 0 Å². The molecule has 1 rings (SSSR count). The van der Waals surface area contributed by atoms with E-state index in [0.29, 0.717) is 4.88 Å². The van der Waals surface area contributed by atoms with Crippen molar-refractivity contribution < 1.29 is 17.9 Å². The molecular weight excluding hydrogens is 248 g/mol. The summed E-state index contributed by atoms with van der Waals surface area (Å²) in [5.41, 5.74) is 0.0208. The first-order valence-electron chi connectivity index (χ1n) is 3.49. The molecule has 0 unspecified atom stereocenters. The number of carbonyl (C=O) groups excluding carboxylic acids is 1. The standard InChI is InChI=1S/C7H7ClO4S2/c1-4-6(7(9)12-2)5(3-13-4)14(8,10)11/h3H,1-2H3. The minimum absolute atomic E-state index is 0.0208. The third-order valence-corrected chi connectivity index (χ3v) is 4.00. The first-order valence-corrected chi connectivity index (χ1v) is 6.68. The first-order chi connectivity index (χ1) is 6.38. The Labute approximate surface area is 89.9 Å². The molecule has 0 spiro atoms. The van der Waals surface area contributed by atoms with Crippen molar-refractivity contribution >= 4 is 37.0 Å². The van der Waals surface area contributed by atoms with Crippen LogP contribution in [0, 0.1) is 6.92 Å². The number of thiophene rings is 1. The molecule has 0 atom stereocenters. The van der Waals surface area contributed by atoms with Crippen molar-refractivity contribution in [3.63, 3.8) is 0 Å². The molecular formula is C7H7ClO4S2. The Morgan fingerprint density at radius 2 is 2.14 bits per heavy atom. The molecule has 0 bridgehead atoms. The van der Waals surface area contributed by atoms with Gasteiger partial charge in [-0.3, -0.25) is 0 Å². The molecule has 0 aromatic carbocycles. The largest absolute Gasteiger partial charge is 0.465 e. The summed E-state index contributed by atoms with van der Waals surface area (Å²) in [5.74, 6) is -0.692. The molecule has 14 heavy (non-hydrogen) atoms. The van der Waals surface area contributed by atoms with Crippen molar-refractivity contribution in [1.82, 2.24) is 0 Å². The average molecular weight is 255 g/mol. The number of hydrogen-bond acceptors (Lipinski definition) is 5. The van der Waals surface area contributed by atoms with Gasteiger partial charge >= 0.3 is 5.97 Å². The summed E-state index contributed by atoms with van der Waals surface area (Å²) in [6.45, 7) is 1.63. The summed E-state index contributed by atoms with van der Waals surface area (Å²) < 4.78 is 26.6. The normalized spacial score (nSPS) is 11.4. The van der Waals surface area contributed by atoms with E-state index in [1.165, 1.54) is 12.5 Å². The molecule has 7 heteroatoms. The van der Waals surface area contributed by atoms with Crippen molar-refractivity contribution in [2.45, 2.75) is 11.8 Å². The van der Waals surface area contributed by atoms with E-state index in [4.69, 9.17) is 10.7 Å². The van der Waals surface area contributed by atoms with Gasteiger partial charge in [-0.25, -0.2) is 13.2 Å². The molecule has 0 aliphatic rings. The molecule has 4 nitrogen and oxygen atoms in total. The van der Waals surface area contributed by atoms with E-state index >= 15 is 0 Å². The summed E-state index contributed by atoms with van der Waals surface area (Å²) in [4.78, 5) is 11.6. The van der Waals surface area contributed by atoms with E-state index in [1.807, 2.05) is 0 Å². The van der Waals surface area contributed by atoms with E-state index in [1.54, 1.807) is 6.92 Å². The van der Waals surface area contributed by atoms with Gasteiger partial charge in [-0.2, -0.15) is 0 Å². The number of methoxy groups -OCH3 is 1. The van der Waals surface area contributed by atoms with Crippen LogP contribution in [-0.2, 0) is 13.8 Å². The molecule has 0 aliphatic heterocycles. The fraction of sp³-hybridized carbons (Fsp3) is 0.286. The molecule has 0 saturated heterocycles. The number of aryl methyl sites for hydroxylation is 1. The maximum atomic E-state index is 11.2. The van der Waals surface area contributed by atoms with Gasteiger partial charge in [-0.05, 0) is 6.92 Å². The smallest absolute Gasteiger partial charge is 0.340 e. The van der Waals surface area contributed by atoms with Crippen LogP contribution in [0.15, 0.2) is 10.3 Å². The minimum atomic E-state index is -3.89. The van der Waals surface area contributed by atoms with Crippen LogP contribution in [0.5, 0.6) is 0 Å². The Balaban J connectivity index is 3.42.